The second kappa shape index (κ2) is 11.0. The van der Waals surface area contributed by atoms with Crippen molar-refractivity contribution in [3.05, 3.63) is 63.2 Å². The van der Waals surface area contributed by atoms with E-state index in [1.54, 1.807) is 0 Å². The van der Waals surface area contributed by atoms with Crippen molar-refractivity contribution < 1.29 is 0 Å². The number of aromatic amines is 1. The zero-order valence-electron chi connectivity index (χ0n) is 23.1. The first-order valence-corrected chi connectivity index (χ1v) is 13.5. The van der Waals surface area contributed by atoms with E-state index in [-0.39, 0.29) is 5.56 Å². The molecule has 0 unspecified atom stereocenters. The second-order valence-corrected chi connectivity index (χ2v) is 11.0. The van der Waals surface area contributed by atoms with Crippen LogP contribution in [-0.4, -0.2) is 47.6 Å². The van der Waals surface area contributed by atoms with Crippen molar-refractivity contribution in [2.75, 3.05) is 30.9 Å². The summed E-state index contributed by atoms with van der Waals surface area (Å²) >= 11 is 0. The van der Waals surface area contributed by atoms with E-state index in [2.05, 4.69) is 73.2 Å². The standard InChI is InChI=1S/C30H43N5O/c1-8-35(24-11-9-23(10-12-24)34(6)7)28-17-22(19(2)3)16-26-25(28)13-14-31-29(26)32-18-27-20(4)15-21(5)33-30(27)36/h13-17,19,23-24H,8-12,18H2,1-7H3,(H,31,32)(H,33,36). The number of hydrogen-bond donors (Lipinski definition) is 2. The lowest BCUT2D eigenvalue weighted by Crippen LogP contribution is -2.42. The molecule has 2 heterocycles. The molecule has 0 spiro atoms. The highest BCUT2D eigenvalue weighted by molar-refractivity contribution is 6.01. The molecule has 4 rings (SSSR count). The van der Waals surface area contributed by atoms with Gasteiger partial charge in [0.2, 0.25) is 0 Å². The number of hydrogen-bond acceptors (Lipinski definition) is 5. The number of pyridine rings is 2. The molecular formula is C30H43N5O. The summed E-state index contributed by atoms with van der Waals surface area (Å²) in [6.07, 6.45) is 6.82. The summed E-state index contributed by atoms with van der Waals surface area (Å²) in [6, 6.07) is 10.1. The third-order valence-electron chi connectivity index (χ3n) is 7.96. The minimum atomic E-state index is -0.0331. The summed E-state index contributed by atoms with van der Waals surface area (Å²) in [4.78, 5) is 25.2. The highest BCUT2D eigenvalue weighted by Gasteiger charge is 2.27. The van der Waals surface area contributed by atoms with Gasteiger partial charge in [0.25, 0.3) is 5.56 Å². The first kappa shape index (κ1) is 26.2. The maximum Gasteiger partial charge on any atom is 0.253 e. The molecule has 0 amide bonds. The van der Waals surface area contributed by atoms with E-state index in [0.717, 1.165) is 34.6 Å². The van der Waals surface area contributed by atoms with Crippen molar-refractivity contribution in [1.82, 2.24) is 14.9 Å². The molecule has 0 radical (unpaired) electrons. The predicted molar refractivity (Wildman–Crippen MR) is 152 cm³/mol. The molecule has 3 aromatic rings. The third kappa shape index (κ3) is 5.44. The summed E-state index contributed by atoms with van der Waals surface area (Å²) in [5, 5.41) is 5.85. The average molecular weight is 490 g/mol. The fourth-order valence-electron chi connectivity index (χ4n) is 5.78. The molecule has 6 nitrogen and oxygen atoms in total. The van der Waals surface area contributed by atoms with Crippen LogP contribution >= 0.6 is 0 Å². The van der Waals surface area contributed by atoms with Crippen LogP contribution in [0, 0.1) is 13.8 Å². The fraction of sp³-hybridized carbons (Fsp3) is 0.533. The van der Waals surface area contributed by atoms with Gasteiger partial charge in [0, 0.05) is 59.1 Å². The van der Waals surface area contributed by atoms with Crippen LogP contribution in [0.1, 0.15) is 74.8 Å². The Labute approximate surface area is 216 Å². The van der Waals surface area contributed by atoms with Crippen molar-refractivity contribution in [1.29, 1.82) is 0 Å². The Morgan fingerprint density at radius 3 is 2.36 bits per heavy atom. The van der Waals surface area contributed by atoms with Crippen LogP contribution in [0.15, 0.2) is 35.3 Å². The normalized spacial score (nSPS) is 18.2. The minimum absolute atomic E-state index is 0.0331. The van der Waals surface area contributed by atoms with E-state index in [9.17, 15) is 4.79 Å². The quantitative estimate of drug-likeness (QED) is 0.408. The summed E-state index contributed by atoms with van der Waals surface area (Å²) in [6.45, 7) is 12.1. The lowest BCUT2D eigenvalue weighted by molar-refractivity contribution is 0.214. The Morgan fingerprint density at radius 2 is 1.75 bits per heavy atom. The van der Waals surface area contributed by atoms with Gasteiger partial charge >= 0.3 is 0 Å². The molecule has 1 aromatic carbocycles. The van der Waals surface area contributed by atoms with Crippen LogP contribution in [-0.2, 0) is 6.54 Å². The summed E-state index contributed by atoms with van der Waals surface area (Å²) in [5.41, 5.74) is 5.23. The first-order chi connectivity index (χ1) is 17.2. The second-order valence-electron chi connectivity index (χ2n) is 11.0. The number of nitrogens with one attached hydrogen (secondary N) is 2. The Hall–Kier alpha value is -2.86. The lowest BCUT2D eigenvalue weighted by Gasteiger charge is -2.40. The molecule has 1 aliphatic carbocycles. The molecule has 2 aromatic heterocycles. The number of fused-ring (bicyclic) bond motifs is 1. The molecule has 0 atom stereocenters. The number of nitrogens with zero attached hydrogens (tertiary/aromatic N) is 3. The smallest absolute Gasteiger partial charge is 0.253 e. The van der Waals surface area contributed by atoms with E-state index in [0.29, 0.717) is 24.5 Å². The number of aromatic nitrogens is 2. The SMILES string of the molecule is CCN(c1cc(C(C)C)cc2c(NCc3c(C)cc(C)[nH]c3=O)nccc12)C1CCC(N(C)C)CC1. The van der Waals surface area contributed by atoms with Crippen molar-refractivity contribution in [3.63, 3.8) is 0 Å². The zero-order chi connectivity index (χ0) is 26.0. The monoisotopic (exact) mass is 489 g/mol. The Balaban J connectivity index is 1.71. The number of rotatable bonds is 8. The molecule has 1 fully saturated rings. The predicted octanol–water partition coefficient (Wildman–Crippen LogP) is 5.97. The van der Waals surface area contributed by atoms with Crippen molar-refractivity contribution in [2.24, 2.45) is 0 Å². The largest absolute Gasteiger partial charge is 0.368 e. The van der Waals surface area contributed by atoms with Gasteiger partial charge in [-0.1, -0.05) is 13.8 Å². The molecule has 1 aliphatic rings. The Bertz CT molecular complexity index is 1250. The number of H-pyrrole nitrogens is 1. The first-order valence-electron chi connectivity index (χ1n) is 13.5. The van der Waals surface area contributed by atoms with Gasteiger partial charge in [0.1, 0.15) is 5.82 Å². The van der Waals surface area contributed by atoms with Crippen molar-refractivity contribution in [2.45, 2.75) is 84.8 Å². The van der Waals surface area contributed by atoms with Gasteiger partial charge in [0.05, 0.1) is 0 Å². The summed E-state index contributed by atoms with van der Waals surface area (Å²) < 4.78 is 0. The van der Waals surface area contributed by atoms with Crippen LogP contribution in [0.5, 0.6) is 0 Å². The van der Waals surface area contributed by atoms with E-state index in [1.165, 1.54) is 42.3 Å². The third-order valence-corrected chi connectivity index (χ3v) is 7.96. The molecule has 0 bridgehead atoms. The van der Waals surface area contributed by atoms with Gasteiger partial charge in [-0.2, -0.15) is 0 Å². The van der Waals surface area contributed by atoms with Gasteiger partial charge in [0.15, 0.2) is 0 Å². The van der Waals surface area contributed by atoms with Gasteiger partial charge in [-0.3, -0.25) is 4.79 Å². The topological polar surface area (TPSA) is 64.3 Å². The van der Waals surface area contributed by atoms with Crippen LogP contribution in [0.25, 0.3) is 10.8 Å². The van der Waals surface area contributed by atoms with E-state index in [4.69, 9.17) is 4.98 Å². The fourth-order valence-corrected chi connectivity index (χ4v) is 5.78. The maximum atomic E-state index is 12.6. The van der Waals surface area contributed by atoms with Crippen LogP contribution in [0.2, 0.25) is 0 Å². The van der Waals surface area contributed by atoms with Crippen molar-refractivity contribution in [3.8, 4) is 0 Å². The molecule has 36 heavy (non-hydrogen) atoms. The van der Waals surface area contributed by atoms with Crippen LogP contribution < -0.4 is 15.8 Å². The zero-order valence-corrected chi connectivity index (χ0v) is 23.1. The Morgan fingerprint density at radius 1 is 1.06 bits per heavy atom. The summed E-state index contributed by atoms with van der Waals surface area (Å²) in [7, 11) is 4.41. The molecule has 6 heteroatoms. The van der Waals surface area contributed by atoms with Gasteiger partial charge in [-0.15, -0.1) is 0 Å². The summed E-state index contributed by atoms with van der Waals surface area (Å²) in [5.74, 6) is 1.24. The maximum absolute atomic E-state index is 12.6. The number of anilines is 2. The minimum Gasteiger partial charge on any atom is -0.368 e. The molecule has 0 aliphatic heterocycles. The lowest BCUT2D eigenvalue weighted by atomic mass is 9.88. The highest BCUT2D eigenvalue weighted by Crippen LogP contribution is 2.38. The molecular weight excluding hydrogens is 446 g/mol. The van der Waals surface area contributed by atoms with E-state index < -0.39 is 0 Å². The van der Waals surface area contributed by atoms with Crippen molar-refractivity contribution >= 4 is 22.3 Å². The van der Waals surface area contributed by atoms with Crippen LogP contribution in [0.4, 0.5) is 11.5 Å². The van der Waals surface area contributed by atoms with E-state index in [1.807, 2.05) is 26.1 Å². The Kier molecular flexibility index (Phi) is 8.04. The molecule has 2 N–H and O–H groups in total. The molecule has 194 valence electrons. The van der Waals surface area contributed by atoms with Gasteiger partial charge in [-0.05, 0) is 102 Å². The average Bonchev–Trinajstić information content (AvgIpc) is 2.84. The van der Waals surface area contributed by atoms with Gasteiger partial charge in [-0.25, -0.2) is 4.98 Å². The van der Waals surface area contributed by atoms with Crippen LogP contribution in [0.3, 0.4) is 0 Å². The molecule has 0 saturated heterocycles. The molecule has 1 saturated carbocycles. The van der Waals surface area contributed by atoms with Gasteiger partial charge < -0.3 is 20.1 Å². The number of benzene rings is 1. The van der Waals surface area contributed by atoms with E-state index >= 15 is 0 Å². The number of aryl methyl sites for hydroxylation is 2. The highest BCUT2D eigenvalue weighted by atomic mass is 16.1.